The number of hydrogen-bond acceptors (Lipinski definition) is 2. The highest BCUT2D eigenvalue weighted by Crippen LogP contribution is 2.11. The van der Waals surface area contributed by atoms with E-state index in [9.17, 15) is 0 Å². The van der Waals surface area contributed by atoms with Crippen LogP contribution in [0.25, 0.3) is 0 Å². The number of hydrogen-bond donors (Lipinski definition) is 2. The zero-order valence-corrected chi connectivity index (χ0v) is 9.21. The van der Waals surface area contributed by atoms with Crippen molar-refractivity contribution in [3.8, 4) is 0 Å². The topological polar surface area (TPSA) is 0 Å². The molecule has 0 spiro atoms. The van der Waals surface area contributed by atoms with Crippen molar-refractivity contribution in [2.24, 2.45) is 5.92 Å². The molecule has 2 heteroatoms. The molecule has 68 valence electrons. The van der Waals surface area contributed by atoms with Gasteiger partial charge in [-0.2, -0.15) is 25.3 Å². The van der Waals surface area contributed by atoms with Crippen LogP contribution in [0.5, 0.6) is 0 Å². The SMILES string of the molecule is CC(CS)CCCCCCS. The molecule has 0 saturated carbocycles. The third kappa shape index (κ3) is 8.61. The summed E-state index contributed by atoms with van der Waals surface area (Å²) in [6.07, 6.45) is 6.71. The molecule has 0 aliphatic rings. The normalized spacial score (nSPS) is 13.4. The Morgan fingerprint density at radius 3 is 2.18 bits per heavy atom. The van der Waals surface area contributed by atoms with Gasteiger partial charge in [0.1, 0.15) is 0 Å². The first-order valence-corrected chi connectivity index (χ1v) is 5.79. The fourth-order valence-corrected chi connectivity index (χ4v) is 1.46. The second-order valence-electron chi connectivity index (χ2n) is 3.21. The van der Waals surface area contributed by atoms with Gasteiger partial charge in [-0.25, -0.2) is 0 Å². The van der Waals surface area contributed by atoms with Crippen LogP contribution in [0.15, 0.2) is 0 Å². The van der Waals surface area contributed by atoms with Crippen molar-refractivity contribution in [3.63, 3.8) is 0 Å². The summed E-state index contributed by atoms with van der Waals surface area (Å²) in [6.45, 7) is 2.27. The van der Waals surface area contributed by atoms with Gasteiger partial charge in [-0.1, -0.05) is 26.2 Å². The van der Waals surface area contributed by atoms with E-state index in [1.165, 1.54) is 32.1 Å². The lowest BCUT2D eigenvalue weighted by Crippen LogP contribution is -1.95. The van der Waals surface area contributed by atoms with Gasteiger partial charge in [0.25, 0.3) is 0 Å². The highest BCUT2D eigenvalue weighted by atomic mass is 32.1. The summed E-state index contributed by atoms with van der Waals surface area (Å²) in [5.74, 6) is 2.88. The summed E-state index contributed by atoms with van der Waals surface area (Å²) in [6, 6.07) is 0. The van der Waals surface area contributed by atoms with Crippen molar-refractivity contribution in [1.82, 2.24) is 0 Å². The molecule has 0 aromatic rings. The standard InChI is InChI=1S/C9H20S2/c1-9(8-11)6-4-2-3-5-7-10/h9-11H,2-8H2,1H3. The molecule has 0 nitrogen and oxygen atoms in total. The van der Waals surface area contributed by atoms with Crippen LogP contribution >= 0.6 is 25.3 Å². The van der Waals surface area contributed by atoms with Gasteiger partial charge in [0, 0.05) is 0 Å². The maximum Gasteiger partial charge on any atom is -0.00721 e. The van der Waals surface area contributed by atoms with Gasteiger partial charge in [-0.05, 0) is 30.3 Å². The van der Waals surface area contributed by atoms with Crippen molar-refractivity contribution < 1.29 is 0 Å². The number of unbranched alkanes of at least 4 members (excludes halogenated alkanes) is 3. The van der Waals surface area contributed by atoms with Gasteiger partial charge >= 0.3 is 0 Å². The lowest BCUT2D eigenvalue weighted by Gasteiger charge is -2.06. The predicted octanol–water partition coefficient (Wildman–Crippen LogP) is 3.43. The number of rotatable bonds is 7. The van der Waals surface area contributed by atoms with Gasteiger partial charge in [-0.3, -0.25) is 0 Å². The Kier molecular flexibility index (Phi) is 9.35. The molecular weight excluding hydrogens is 172 g/mol. The molecular formula is C9H20S2. The van der Waals surface area contributed by atoms with Gasteiger partial charge in [0.2, 0.25) is 0 Å². The Labute approximate surface area is 82.0 Å². The Morgan fingerprint density at radius 2 is 1.64 bits per heavy atom. The Bertz CT molecular complexity index is 74.0. The third-order valence-corrected chi connectivity index (χ3v) is 2.86. The van der Waals surface area contributed by atoms with Crippen LogP contribution in [-0.2, 0) is 0 Å². The van der Waals surface area contributed by atoms with E-state index in [4.69, 9.17) is 0 Å². The van der Waals surface area contributed by atoms with E-state index >= 15 is 0 Å². The summed E-state index contributed by atoms with van der Waals surface area (Å²) in [4.78, 5) is 0. The summed E-state index contributed by atoms with van der Waals surface area (Å²) in [5, 5.41) is 0. The minimum atomic E-state index is 0.800. The van der Waals surface area contributed by atoms with Crippen molar-refractivity contribution in [1.29, 1.82) is 0 Å². The maximum atomic E-state index is 4.25. The van der Waals surface area contributed by atoms with Crippen molar-refractivity contribution in [2.45, 2.75) is 39.0 Å². The minimum Gasteiger partial charge on any atom is -0.179 e. The van der Waals surface area contributed by atoms with Crippen LogP contribution in [0.1, 0.15) is 39.0 Å². The zero-order chi connectivity index (χ0) is 8.53. The second kappa shape index (κ2) is 8.79. The van der Waals surface area contributed by atoms with Gasteiger partial charge in [-0.15, -0.1) is 0 Å². The van der Waals surface area contributed by atoms with Crippen LogP contribution in [-0.4, -0.2) is 11.5 Å². The van der Waals surface area contributed by atoms with Crippen molar-refractivity contribution >= 4 is 25.3 Å². The fraction of sp³-hybridized carbons (Fsp3) is 1.00. The van der Waals surface area contributed by atoms with Crippen LogP contribution in [0.3, 0.4) is 0 Å². The van der Waals surface area contributed by atoms with Gasteiger partial charge in [0.05, 0.1) is 0 Å². The van der Waals surface area contributed by atoms with Gasteiger partial charge in [0.15, 0.2) is 0 Å². The molecule has 0 N–H and O–H groups in total. The van der Waals surface area contributed by atoms with Crippen LogP contribution in [0.4, 0.5) is 0 Å². The van der Waals surface area contributed by atoms with E-state index in [1.54, 1.807) is 0 Å². The minimum absolute atomic E-state index is 0.800. The average Bonchev–Trinajstić information content (AvgIpc) is 2.04. The molecule has 0 aromatic heterocycles. The molecule has 11 heavy (non-hydrogen) atoms. The molecule has 0 aliphatic carbocycles. The van der Waals surface area contributed by atoms with E-state index in [0.717, 1.165) is 17.4 Å². The van der Waals surface area contributed by atoms with Crippen molar-refractivity contribution in [3.05, 3.63) is 0 Å². The van der Waals surface area contributed by atoms with Crippen LogP contribution in [0, 0.1) is 5.92 Å². The van der Waals surface area contributed by atoms with Gasteiger partial charge < -0.3 is 0 Å². The monoisotopic (exact) mass is 192 g/mol. The molecule has 0 amide bonds. The summed E-state index contributed by atoms with van der Waals surface area (Å²) >= 11 is 8.42. The molecule has 0 saturated heterocycles. The van der Waals surface area contributed by atoms with Crippen molar-refractivity contribution in [2.75, 3.05) is 11.5 Å². The zero-order valence-electron chi connectivity index (χ0n) is 7.42. The van der Waals surface area contributed by atoms with E-state index in [-0.39, 0.29) is 0 Å². The van der Waals surface area contributed by atoms with E-state index in [0.29, 0.717) is 0 Å². The lowest BCUT2D eigenvalue weighted by atomic mass is 10.0. The summed E-state index contributed by atoms with van der Waals surface area (Å²) in [5.41, 5.74) is 0. The molecule has 0 rings (SSSR count). The van der Waals surface area contributed by atoms with E-state index < -0.39 is 0 Å². The first-order chi connectivity index (χ1) is 5.31. The smallest absolute Gasteiger partial charge is 0.00721 e. The Hall–Kier alpha value is 0.700. The third-order valence-electron chi connectivity index (χ3n) is 1.92. The molecule has 1 atom stereocenters. The fourth-order valence-electron chi connectivity index (χ4n) is 1.05. The molecule has 0 fully saturated rings. The highest BCUT2D eigenvalue weighted by molar-refractivity contribution is 7.80. The first kappa shape index (κ1) is 11.7. The second-order valence-corrected chi connectivity index (χ2v) is 4.03. The molecule has 0 aliphatic heterocycles. The van der Waals surface area contributed by atoms with E-state index in [1.807, 2.05) is 0 Å². The summed E-state index contributed by atoms with van der Waals surface area (Å²) in [7, 11) is 0. The highest BCUT2D eigenvalue weighted by Gasteiger charge is 1.97. The molecule has 0 radical (unpaired) electrons. The Morgan fingerprint density at radius 1 is 1.00 bits per heavy atom. The summed E-state index contributed by atoms with van der Waals surface area (Å²) < 4.78 is 0. The lowest BCUT2D eigenvalue weighted by molar-refractivity contribution is 0.532. The first-order valence-electron chi connectivity index (χ1n) is 4.53. The molecule has 0 heterocycles. The molecule has 1 unspecified atom stereocenters. The Balaban J connectivity index is 2.89. The van der Waals surface area contributed by atoms with Crippen LogP contribution in [0.2, 0.25) is 0 Å². The average molecular weight is 192 g/mol. The molecule has 0 aromatic carbocycles. The number of thiol groups is 2. The van der Waals surface area contributed by atoms with E-state index in [2.05, 4.69) is 32.2 Å². The quantitative estimate of drug-likeness (QED) is 0.448. The van der Waals surface area contributed by atoms with Crippen LogP contribution < -0.4 is 0 Å². The largest absolute Gasteiger partial charge is 0.179 e. The maximum absolute atomic E-state index is 4.25. The predicted molar refractivity (Wildman–Crippen MR) is 60.0 cm³/mol. The molecule has 0 bridgehead atoms.